The molecule has 2 aromatic rings. The molecule has 0 radical (unpaired) electrons. The number of thiocarbonyl (C=S) groups is 1. The third-order valence-electron chi connectivity index (χ3n) is 6.74. The zero-order valence-corrected chi connectivity index (χ0v) is 21.9. The van der Waals surface area contributed by atoms with E-state index in [4.69, 9.17) is 27.2 Å². The Hall–Kier alpha value is -3.72. The summed E-state index contributed by atoms with van der Waals surface area (Å²) in [5.41, 5.74) is 7.67. The second kappa shape index (κ2) is 11.3. The summed E-state index contributed by atoms with van der Waals surface area (Å²) < 4.78 is 14.7. The third-order valence-corrected chi connectivity index (χ3v) is 7.00. The Kier molecular flexibility index (Phi) is 8.16. The fraction of sp³-hybridized carbons (Fsp3) is 0.591. The molecule has 0 aliphatic carbocycles. The molecule has 16 heteroatoms. The molecule has 2 saturated heterocycles. The van der Waals surface area contributed by atoms with Gasteiger partial charge in [-0.25, -0.2) is 9.59 Å². The largest absolute Gasteiger partial charge is 0.360 e. The summed E-state index contributed by atoms with van der Waals surface area (Å²) in [5, 5.41) is 10.4. The number of aryl methyl sites for hydroxylation is 2. The van der Waals surface area contributed by atoms with Gasteiger partial charge in [0.25, 0.3) is 11.1 Å². The van der Waals surface area contributed by atoms with E-state index in [0.29, 0.717) is 29.1 Å². The van der Waals surface area contributed by atoms with E-state index in [0.717, 1.165) is 0 Å². The van der Waals surface area contributed by atoms with Crippen LogP contribution in [0.4, 0.5) is 0 Å². The molecule has 4 N–H and O–H groups in total. The van der Waals surface area contributed by atoms with Crippen LogP contribution in [0.2, 0.25) is 0 Å². The molecule has 38 heavy (non-hydrogen) atoms. The van der Waals surface area contributed by atoms with Gasteiger partial charge in [0.15, 0.2) is 5.11 Å². The van der Waals surface area contributed by atoms with E-state index in [-0.39, 0.29) is 25.1 Å². The van der Waals surface area contributed by atoms with Crippen molar-refractivity contribution in [3.05, 3.63) is 75.6 Å². The number of hydrogen-bond acceptors (Lipinski definition) is 8. The topological polar surface area (TPSA) is 201 Å². The molecule has 2 fully saturated rings. The van der Waals surface area contributed by atoms with Crippen molar-refractivity contribution >= 4 is 17.3 Å². The molecule has 15 nitrogen and oxygen atoms in total. The van der Waals surface area contributed by atoms with Crippen molar-refractivity contribution in [3.63, 3.8) is 0 Å². The van der Waals surface area contributed by atoms with Crippen molar-refractivity contribution in [3.8, 4) is 0 Å². The SMILES string of the molecule is CCC1OC(n2cc(C)c(=O)[nH]c2=O)CC1NC(=S)NCC1OC(n2cc(C)c(=O)[nH]c2=O)CC1N=[N+]=[N-]. The van der Waals surface area contributed by atoms with Gasteiger partial charge in [-0.05, 0) is 38.0 Å². The first-order chi connectivity index (χ1) is 18.1. The lowest BCUT2D eigenvalue weighted by atomic mass is 10.1. The van der Waals surface area contributed by atoms with Crippen LogP contribution < -0.4 is 33.1 Å². The zero-order chi connectivity index (χ0) is 27.6. The molecule has 0 aromatic carbocycles. The zero-order valence-electron chi connectivity index (χ0n) is 21.0. The summed E-state index contributed by atoms with van der Waals surface area (Å²) in [7, 11) is 0. The highest BCUT2D eigenvalue weighted by Gasteiger charge is 2.38. The van der Waals surface area contributed by atoms with E-state index in [2.05, 4.69) is 30.6 Å². The number of H-pyrrole nitrogens is 2. The Morgan fingerprint density at radius 3 is 2.16 bits per heavy atom. The van der Waals surface area contributed by atoms with Crippen LogP contribution in [-0.2, 0) is 9.47 Å². The predicted molar refractivity (Wildman–Crippen MR) is 140 cm³/mol. The number of aromatic nitrogens is 4. The highest BCUT2D eigenvalue weighted by molar-refractivity contribution is 7.80. The molecule has 0 bridgehead atoms. The normalized spacial score (nSPS) is 26.6. The van der Waals surface area contributed by atoms with E-state index in [1.807, 2.05) is 6.92 Å². The summed E-state index contributed by atoms with van der Waals surface area (Å²) in [6.45, 7) is 5.34. The van der Waals surface area contributed by atoms with Gasteiger partial charge in [-0.1, -0.05) is 12.0 Å². The van der Waals surface area contributed by atoms with Gasteiger partial charge in [0, 0.05) is 47.8 Å². The van der Waals surface area contributed by atoms with Gasteiger partial charge < -0.3 is 20.1 Å². The molecule has 2 aliphatic heterocycles. The van der Waals surface area contributed by atoms with Crippen molar-refractivity contribution in [1.29, 1.82) is 0 Å². The average molecular weight is 548 g/mol. The molecular formula is C22H29N9O6S. The predicted octanol–water partition coefficient (Wildman–Crippen LogP) is 0.200. The van der Waals surface area contributed by atoms with Crippen LogP contribution in [-0.4, -0.2) is 55.1 Å². The van der Waals surface area contributed by atoms with E-state index in [1.54, 1.807) is 13.8 Å². The summed E-state index contributed by atoms with van der Waals surface area (Å²) in [4.78, 5) is 55.4. The fourth-order valence-electron chi connectivity index (χ4n) is 4.70. The molecule has 204 valence electrons. The Balaban J connectivity index is 1.39. The fourth-order valence-corrected chi connectivity index (χ4v) is 4.94. The average Bonchev–Trinajstić information content (AvgIpc) is 3.46. The van der Waals surface area contributed by atoms with Crippen molar-refractivity contribution in [2.45, 2.75) is 76.8 Å². The van der Waals surface area contributed by atoms with Gasteiger partial charge in [0.1, 0.15) is 12.5 Å². The lowest BCUT2D eigenvalue weighted by molar-refractivity contribution is -0.00517. The molecule has 0 spiro atoms. The number of aromatic amines is 2. The molecule has 2 aromatic heterocycles. The highest BCUT2D eigenvalue weighted by atomic mass is 32.1. The highest BCUT2D eigenvalue weighted by Crippen LogP contribution is 2.31. The summed E-state index contributed by atoms with van der Waals surface area (Å²) in [5.74, 6) is 0. The molecule has 6 unspecified atom stereocenters. The Morgan fingerprint density at radius 1 is 1.05 bits per heavy atom. The van der Waals surface area contributed by atoms with Gasteiger partial charge in [-0.2, -0.15) is 0 Å². The van der Waals surface area contributed by atoms with E-state index in [1.165, 1.54) is 21.5 Å². The standard InChI is InChI=1S/C22H29N9O6S/c1-4-14-12(5-16(36-14)30-8-10(2)18(32)26-21(30)34)25-20(38)24-7-15-13(28-29-23)6-17(37-15)31-9-11(3)19(33)27-22(31)35/h8-9,12-17H,4-7H2,1-3H3,(H2,24,25,38)(H,26,32,34)(H,27,33,35). The van der Waals surface area contributed by atoms with Crippen LogP contribution in [0.25, 0.3) is 10.4 Å². The second-order valence-electron chi connectivity index (χ2n) is 9.33. The van der Waals surface area contributed by atoms with Crippen LogP contribution in [0.1, 0.15) is 49.8 Å². The second-order valence-corrected chi connectivity index (χ2v) is 9.74. The van der Waals surface area contributed by atoms with Crippen molar-refractivity contribution in [2.75, 3.05) is 6.54 Å². The van der Waals surface area contributed by atoms with Gasteiger partial charge >= 0.3 is 11.4 Å². The van der Waals surface area contributed by atoms with Crippen LogP contribution in [0.15, 0.2) is 36.7 Å². The Bertz CT molecular complexity index is 1490. The summed E-state index contributed by atoms with van der Waals surface area (Å²) in [6, 6.07) is -0.783. The van der Waals surface area contributed by atoms with Gasteiger partial charge in [-0.15, -0.1) is 0 Å². The van der Waals surface area contributed by atoms with Crippen molar-refractivity contribution in [2.24, 2.45) is 5.11 Å². The first-order valence-corrected chi connectivity index (χ1v) is 12.6. The Morgan fingerprint density at radius 2 is 1.61 bits per heavy atom. The summed E-state index contributed by atoms with van der Waals surface area (Å²) in [6.07, 6.45) is 2.10. The smallest absolute Gasteiger partial charge is 0.330 e. The van der Waals surface area contributed by atoms with Crippen LogP contribution in [0.3, 0.4) is 0 Å². The minimum atomic E-state index is -0.727. The molecule has 0 amide bonds. The van der Waals surface area contributed by atoms with Crippen LogP contribution in [0, 0.1) is 13.8 Å². The van der Waals surface area contributed by atoms with Gasteiger partial charge in [-0.3, -0.25) is 28.7 Å². The quantitative estimate of drug-likeness (QED) is 0.162. The number of azide groups is 1. The number of ether oxygens (including phenoxy) is 2. The minimum absolute atomic E-state index is 0.190. The molecule has 2 aliphatic rings. The van der Waals surface area contributed by atoms with E-state index in [9.17, 15) is 19.2 Å². The molecule has 0 saturated carbocycles. The lowest BCUT2D eigenvalue weighted by Crippen LogP contribution is -2.48. The maximum absolute atomic E-state index is 12.3. The number of hydrogen-bond donors (Lipinski definition) is 4. The van der Waals surface area contributed by atoms with Crippen molar-refractivity contribution in [1.82, 2.24) is 29.7 Å². The minimum Gasteiger partial charge on any atom is -0.360 e. The number of rotatable bonds is 7. The van der Waals surface area contributed by atoms with Crippen LogP contribution in [0.5, 0.6) is 0 Å². The monoisotopic (exact) mass is 547 g/mol. The van der Waals surface area contributed by atoms with Gasteiger partial charge in [0.05, 0.1) is 24.3 Å². The third kappa shape index (κ3) is 5.72. The van der Waals surface area contributed by atoms with Crippen molar-refractivity contribution < 1.29 is 9.47 Å². The van der Waals surface area contributed by atoms with Crippen LogP contribution >= 0.6 is 12.2 Å². The first kappa shape index (κ1) is 27.3. The summed E-state index contributed by atoms with van der Waals surface area (Å²) >= 11 is 5.48. The Labute approximate surface area is 220 Å². The maximum atomic E-state index is 12.3. The molecule has 6 atom stereocenters. The lowest BCUT2D eigenvalue weighted by Gasteiger charge is -2.22. The molecule has 4 heterocycles. The number of nitrogens with zero attached hydrogens (tertiary/aromatic N) is 5. The number of nitrogens with one attached hydrogen (secondary N) is 4. The molecule has 4 rings (SSSR count). The molecular weight excluding hydrogens is 518 g/mol. The van der Waals surface area contributed by atoms with E-state index < -0.39 is 47.1 Å². The maximum Gasteiger partial charge on any atom is 0.330 e. The van der Waals surface area contributed by atoms with E-state index >= 15 is 0 Å². The van der Waals surface area contributed by atoms with Gasteiger partial charge in [0.2, 0.25) is 0 Å². The first-order valence-electron chi connectivity index (χ1n) is 12.1.